The predicted octanol–water partition coefficient (Wildman–Crippen LogP) is 0.742. The van der Waals surface area contributed by atoms with Crippen LogP contribution in [0.2, 0.25) is 0 Å². The van der Waals surface area contributed by atoms with E-state index in [2.05, 4.69) is 5.10 Å². The van der Waals surface area contributed by atoms with E-state index >= 15 is 0 Å². The summed E-state index contributed by atoms with van der Waals surface area (Å²) in [5.74, 6) is 0.0693. The Hall–Kier alpha value is -2.17. The number of rotatable bonds is 1. The summed E-state index contributed by atoms with van der Waals surface area (Å²) in [6, 6.07) is 7.14. The van der Waals surface area contributed by atoms with E-state index in [0.29, 0.717) is 5.69 Å². The molecule has 0 bridgehead atoms. The summed E-state index contributed by atoms with van der Waals surface area (Å²) in [5.41, 5.74) is 12.4. The molecular weight excluding hydrogens is 180 g/mol. The first-order chi connectivity index (χ1) is 6.66. The minimum Gasteiger partial charge on any atom is -0.503 e. The third-order valence-corrected chi connectivity index (χ3v) is 1.86. The van der Waals surface area contributed by atoms with Crippen LogP contribution in [0, 0.1) is 0 Å². The Kier molecular flexibility index (Phi) is 1.78. The topological polar surface area (TPSA) is 90.1 Å². The van der Waals surface area contributed by atoms with E-state index in [4.69, 9.17) is 11.5 Å². The molecule has 5 N–H and O–H groups in total. The van der Waals surface area contributed by atoms with Crippen LogP contribution in [0.1, 0.15) is 0 Å². The van der Waals surface area contributed by atoms with Crippen molar-refractivity contribution in [1.82, 2.24) is 9.78 Å². The number of hydrogen-bond acceptors (Lipinski definition) is 4. The fourth-order valence-electron chi connectivity index (χ4n) is 1.18. The monoisotopic (exact) mass is 190 g/mol. The van der Waals surface area contributed by atoms with Crippen LogP contribution in [0.4, 0.5) is 11.5 Å². The molecule has 0 fully saturated rings. The van der Waals surface area contributed by atoms with E-state index in [1.807, 2.05) is 6.07 Å². The highest BCUT2D eigenvalue weighted by Crippen LogP contribution is 2.20. The van der Waals surface area contributed by atoms with Crippen molar-refractivity contribution in [2.75, 3.05) is 11.5 Å². The smallest absolute Gasteiger partial charge is 0.188 e. The molecule has 14 heavy (non-hydrogen) atoms. The second kappa shape index (κ2) is 2.95. The van der Waals surface area contributed by atoms with Crippen LogP contribution in [0.5, 0.6) is 5.75 Å². The number of nitrogens with two attached hydrogens (primary N) is 2. The zero-order valence-electron chi connectivity index (χ0n) is 7.38. The Labute approximate surface area is 80.6 Å². The fraction of sp³-hybridized carbons (Fsp3) is 0. The van der Waals surface area contributed by atoms with Crippen molar-refractivity contribution in [1.29, 1.82) is 0 Å². The lowest BCUT2D eigenvalue weighted by molar-refractivity contribution is 0.477. The third-order valence-electron chi connectivity index (χ3n) is 1.86. The van der Waals surface area contributed by atoms with Gasteiger partial charge in [0.25, 0.3) is 0 Å². The zero-order chi connectivity index (χ0) is 10.1. The maximum Gasteiger partial charge on any atom is 0.188 e. The predicted molar refractivity (Wildman–Crippen MR) is 54.1 cm³/mol. The minimum atomic E-state index is -0.0348. The van der Waals surface area contributed by atoms with Gasteiger partial charge in [-0.15, -0.1) is 5.10 Å². The van der Waals surface area contributed by atoms with Gasteiger partial charge in [0.15, 0.2) is 11.6 Å². The second-order valence-corrected chi connectivity index (χ2v) is 2.94. The standard InChI is InChI=1S/C9H10N4O/c10-6-2-1-3-7(4-6)13-5-8(14)9(11)12-13/h1-5,14H,10H2,(H2,11,12). The lowest BCUT2D eigenvalue weighted by Gasteiger charge is -2.00. The maximum absolute atomic E-state index is 9.23. The van der Waals surface area contributed by atoms with E-state index in [0.717, 1.165) is 5.69 Å². The molecule has 5 nitrogen and oxygen atoms in total. The summed E-state index contributed by atoms with van der Waals surface area (Å²) in [6.07, 6.45) is 1.43. The quantitative estimate of drug-likeness (QED) is 0.578. The van der Waals surface area contributed by atoms with Crippen molar-refractivity contribution >= 4 is 11.5 Å². The summed E-state index contributed by atoms with van der Waals surface area (Å²) in [6.45, 7) is 0. The van der Waals surface area contributed by atoms with E-state index in [1.165, 1.54) is 10.9 Å². The summed E-state index contributed by atoms with van der Waals surface area (Å²) < 4.78 is 1.47. The molecule has 0 aliphatic rings. The van der Waals surface area contributed by atoms with Crippen LogP contribution in [-0.2, 0) is 0 Å². The highest BCUT2D eigenvalue weighted by atomic mass is 16.3. The minimum absolute atomic E-state index is 0.0348. The van der Waals surface area contributed by atoms with Crippen LogP contribution in [0.15, 0.2) is 30.5 Å². The number of benzene rings is 1. The first-order valence-corrected chi connectivity index (χ1v) is 4.07. The molecule has 2 rings (SSSR count). The van der Waals surface area contributed by atoms with Crippen LogP contribution in [-0.4, -0.2) is 14.9 Å². The summed E-state index contributed by atoms with van der Waals surface area (Å²) in [5, 5.41) is 13.1. The molecule has 2 aromatic rings. The molecule has 0 amide bonds. The van der Waals surface area contributed by atoms with E-state index in [-0.39, 0.29) is 11.6 Å². The zero-order valence-corrected chi connectivity index (χ0v) is 7.38. The molecule has 0 unspecified atom stereocenters. The van der Waals surface area contributed by atoms with E-state index in [1.54, 1.807) is 18.2 Å². The number of nitrogen functional groups attached to an aromatic ring is 2. The molecule has 0 atom stereocenters. The van der Waals surface area contributed by atoms with Crippen LogP contribution < -0.4 is 11.5 Å². The van der Waals surface area contributed by atoms with E-state index < -0.39 is 0 Å². The largest absolute Gasteiger partial charge is 0.503 e. The number of nitrogens with zero attached hydrogens (tertiary/aromatic N) is 2. The normalized spacial score (nSPS) is 10.3. The first-order valence-electron chi connectivity index (χ1n) is 4.07. The Morgan fingerprint density at radius 2 is 2.07 bits per heavy atom. The van der Waals surface area contributed by atoms with Gasteiger partial charge in [-0.05, 0) is 18.2 Å². The van der Waals surface area contributed by atoms with Gasteiger partial charge in [-0.2, -0.15) is 0 Å². The average molecular weight is 190 g/mol. The van der Waals surface area contributed by atoms with Gasteiger partial charge in [0, 0.05) is 5.69 Å². The van der Waals surface area contributed by atoms with Gasteiger partial charge in [0.1, 0.15) is 0 Å². The summed E-state index contributed by atoms with van der Waals surface area (Å²) in [7, 11) is 0. The maximum atomic E-state index is 9.23. The fourth-order valence-corrected chi connectivity index (χ4v) is 1.18. The highest BCUT2D eigenvalue weighted by molar-refractivity contribution is 5.50. The Morgan fingerprint density at radius 3 is 2.64 bits per heavy atom. The molecule has 0 aliphatic carbocycles. The molecule has 0 radical (unpaired) electrons. The van der Waals surface area contributed by atoms with Crippen LogP contribution in [0.25, 0.3) is 5.69 Å². The summed E-state index contributed by atoms with van der Waals surface area (Å²) >= 11 is 0. The average Bonchev–Trinajstić information content (AvgIpc) is 2.47. The van der Waals surface area contributed by atoms with Gasteiger partial charge in [0.05, 0.1) is 11.9 Å². The van der Waals surface area contributed by atoms with E-state index in [9.17, 15) is 5.11 Å². The highest BCUT2D eigenvalue weighted by Gasteiger charge is 2.04. The molecule has 0 saturated carbocycles. The molecule has 1 heterocycles. The SMILES string of the molecule is Nc1cccc(-n2cc(O)c(N)n2)c1. The Bertz CT molecular complexity index is 444. The van der Waals surface area contributed by atoms with Gasteiger partial charge in [-0.3, -0.25) is 0 Å². The van der Waals surface area contributed by atoms with Crippen LogP contribution in [0.3, 0.4) is 0 Å². The van der Waals surface area contributed by atoms with Crippen molar-refractivity contribution in [3.8, 4) is 11.4 Å². The van der Waals surface area contributed by atoms with Crippen molar-refractivity contribution in [2.24, 2.45) is 0 Å². The lowest BCUT2D eigenvalue weighted by atomic mass is 10.3. The molecule has 5 heteroatoms. The molecule has 72 valence electrons. The number of anilines is 2. The molecular formula is C9H10N4O. The third kappa shape index (κ3) is 1.35. The molecule has 0 saturated heterocycles. The number of aromatic hydroxyl groups is 1. The van der Waals surface area contributed by atoms with Crippen molar-refractivity contribution in [3.63, 3.8) is 0 Å². The molecule has 0 spiro atoms. The summed E-state index contributed by atoms with van der Waals surface area (Å²) in [4.78, 5) is 0. The Morgan fingerprint density at radius 1 is 1.29 bits per heavy atom. The first kappa shape index (κ1) is 8.43. The Balaban J connectivity index is 2.49. The van der Waals surface area contributed by atoms with Crippen LogP contribution >= 0.6 is 0 Å². The lowest BCUT2D eigenvalue weighted by Crippen LogP contribution is -1.97. The van der Waals surface area contributed by atoms with Crippen molar-refractivity contribution in [3.05, 3.63) is 30.5 Å². The molecule has 0 aliphatic heterocycles. The van der Waals surface area contributed by atoms with Gasteiger partial charge in [-0.25, -0.2) is 4.68 Å². The van der Waals surface area contributed by atoms with Crippen molar-refractivity contribution in [2.45, 2.75) is 0 Å². The number of hydrogen-bond donors (Lipinski definition) is 3. The molecule has 1 aromatic carbocycles. The van der Waals surface area contributed by atoms with Gasteiger partial charge in [-0.1, -0.05) is 6.07 Å². The van der Waals surface area contributed by atoms with Gasteiger partial charge >= 0.3 is 0 Å². The van der Waals surface area contributed by atoms with Gasteiger partial charge < -0.3 is 16.6 Å². The van der Waals surface area contributed by atoms with Gasteiger partial charge in [0.2, 0.25) is 0 Å². The van der Waals surface area contributed by atoms with Crippen molar-refractivity contribution < 1.29 is 5.11 Å². The second-order valence-electron chi connectivity index (χ2n) is 2.94. The molecule has 1 aromatic heterocycles. The number of aromatic nitrogens is 2.